The van der Waals surface area contributed by atoms with E-state index in [1.807, 2.05) is 24.3 Å². The number of nitrogens with zero attached hydrogens (tertiary/aromatic N) is 2. The summed E-state index contributed by atoms with van der Waals surface area (Å²) in [5.41, 5.74) is 4.23. The van der Waals surface area contributed by atoms with E-state index in [9.17, 15) is 14.1 Å². The molecule has 1 saturated carbocycles. The summed E-state index contributed by atoms with van der Waals surface area (Å²) < 4.78 is 27.6. The van der Waals surface area contributed by atoms with E-state index in [1.165, 1.54) is 11.1 Å². The number of aliphatic hydroxyl groups is 1. The molecule has 0 bridgehead atoms. The molecule has 7 atom stereocenters. The number of benzene rings is 2. The van der Waals surface area contributed by atoms with Crippen molar-refractivity contribution in [3.63, 3.8) is 0 Å². The van der Waals surface area contributed by atoms with E-state index in [1.54, 1.807) is 7.05 Å². The third-order valence-corrected chi connectivity index (χ3v) is 13.6. The molecule has 2 aromatic carbocycles. The fraction of sp³-hybridized carbons (Fsp3) is 0.643. The number of carbonyl (C=O) groups is 1. The van der Waals surface area contributed by atoms with Gasteiger partial charge < -0.3 is 24.4 Å². The number of rotatable bonds is 19. The number of allylic oxidation sites excluding steroid dienone is 1. The van der Waals surface area contributed by atoms with Crippen molar-refractivity contribution in [3.05, 3.63) is 70.3 Å². The van der Waals surface area contributed by atoms with Crippen molar-refractivity contribution >= 4 is 34.6 Å². The van der Waals surface area contributed by atoms with Gasteiger partial charge in [0.2, 0.25) is 0 Å². The van der Waals surface area contributed by atoms with Crippen LogP contribution in [0.5, 0.6) is 5.75 Å². The molecule has 2 N–H and O–H groups in total. The van der Waals surface area contributed by atoms with Crippen molar-refractivity contribution in [1.29, 1.82) is 0 Å². The maximum atomic E-state index is 12.5. The van der Waals surface area contributed by atoms with Crippen molar-refractivity contribution in [2.45, 2.75) is 76.9 Å². The van der Waals surface area contributed by atoms with E-state index in [0.29, 0.717) is 42.4 Å². The highest BCUT2D eigenvalue weighted by molar-refractivity contribution is 7.83. The molecule has 10 heteroatoms. The molecule has 288 valence electrons. The summed E-state index contributed by atoms with van der Waals surface area (Å²) in [6, 6.07) is 12.1. The van der Waals surface area contributed by atoms with Crippen molar-refractivity contribution in [1.82, 2.24) is 9.62 Å². The molecule has 2 aliphatic heterocycles. The predicted molar refractivity (Wildman–Crippen MR) is 214 cm³/mol. The van der Waals surface area contributed by atoms with Gasteiger partial charge in [-0.25, -0.2) is 8.93 Å². The van der Waals surface area contributed by atoms with Gasteiger partial charge in [0.25, 0.3) is 0 Å². The van der Waals surface area contributed by atoms with E-state index < -0.39 is 11.0 Å². The second-order valence-corrected chi connectivity index (χ2v) is 17.6. The normalized spacial score (nSPS) is 23.4. The SMILES string of the molecule is CCCc1cc(Cl)ccc1C1COc2ccc(C=O)cc2N(CC2CCC2C(/C=C/CC(C)C(C)S(=O)NC)CN(CCO)CC2CCOCC2)C1. The van der Waals surface area contributed by atoms with Gasteiger partial charge in [0.15, 0.2) is 0 Å². The van der Waals surface area contributed by atoms with Crippen LogP contribution in [0.3, 0.4) is 0 Å². The minimum atomic E-state index is -1.06. The lowest BCUT2D eigenvalue weighted by atomic mass is 9.66. The predicted octanol–water partition coefficient (Wildman–Crippen LogP) is 7.30. The Kier molecular flexibility index (Phi) is 16.1. The fourth-order valence-electron chi connectivity index (χ4n) is 8.46. The molecular formula is C42H62ClN3O5S. The number of aldehydes is 1. The standard InChI is InChI=1S/C42H62ClN3O5S/c1-5-7-34-23-38(43)12-14-39(34)37-27-46(41-22-33(28-48)10-15-42(41)51-29-37)26-36-11-13-40(36)35(9-6-8-30(2)31(3)52(49)44-4)25-45(18-19-47)24-32-16-20-50-21-17-32/h6,9-10,12,14-15,22-23,28,30-32,35-37,40,44,47H,5,7-8,11,13,16-21,24-27,29H2,1-4H3/b9-6+. The first kappa shape index (κ1) is 40.9. The van der Waals surface area contributed by atoms with Crippen LogP contribution < -0.4 is 14.4 Å². The first-order chi connectivity index (χ1) is 25.2. The molecule has 3 aliphatic rings. The van der Waals surface area contributed by atoms with Gasteiger partial charge in [-0.1, -0.05) is 50.1 Å². The van der Waals surface area contributed by atoms with E-state index in [4.69, 9.17) is 21.1 Å². The Morgan fingerprint density at radius 1 is 1.13 bits per heavy atom. The van der Waals surface area contributed by atoms with E-state index >= 15 is 0 Å². The molecule has 5 rings (SSSR count). The summed E-state index contributed by atoms with van der Waals surface area (Å²) in [6.45, 7) is 13.0. The maximum Gasteiger partial charge on any atom is 0.150 e. The number of aliphatic hydroxyl groups excluding tert-OH is 1. The Morgan fingerprint density at radius 3 is 2.63 bits per heavy atom. The molecule has 0 spiro atoms. The number of halogens is 1. The highest BCUT2D eigenvalue weighted by Gasteiger charge is 2.39. The van der Waals surface area contributed by atoms with Gasteiger partial charge in [-0.05, 0) is 124 Å². The van der Waals surface area contributed by atoms with Gasteiger partial charge in [0.1, 0.15) is 12.0 Å². The monoisotopic (exact) mass is 755 g/mol. The van der Waals surface area contributed by atoms with E-state index in [0.717, 1.165) is 107 Å². The molecule has 52 heavy (non-hydrogen) atoms. The van der Waals surface area contributed by atoms with Crippen LogP contribution >= 0.6 is 11.6 Å². The number of hydrogen-bond acceptors (Lipinski definition) is 7. The van der Waals surface area contributed by atoms with Gasteiger partial charge in [-0.15, -0.1) is 0 Å². The lowest BCUT2D eigenvalue weighted by Gasteiger charge is -2.45. The minimum Gasteiger partial charge on any atom is -0.491 e. The smallest absolute Gasteiger partial charge is 0.150 e. The van der Waals surface area contributed by atoms with Crippen molar-refractivity contribution in [2.75, 3.05) is 71.1 Å². The fourth-order valence-corrected chi connectivity index (χ4v) is 9.56. The Labute approximate surface area is 320 Å². The lowest BCUT2D eigenvalue weighted by molar-refractivity contribution is 0.0402. The van der Waals surface area contributed by atoms with Gasteiger partial charge in [0.05, 0.1) is 29.9 Å². The number of hydrogen-bond donors (Lipinski definition) is 2. The third kappa shape index (κ3) is 10.9. The van der Waals surface area contributed by atoms with Gasteiger partial charge >= 0.3 is 0 Å². The number of ether oxygens (including phenoxy) is 2. The van der Waals surface area contributed by atoms with Crippen LogP contribution in [0.1, 0.15) is 86.7 Å². The Hall–Kier alpha value is -2.27. The van der Waals surface area contributed by atoms with Crippen LogP contribution in [-0.2, 0) is 22.1 Å². The highest BCUT2D eigenvalue weighted by Crippen LogP contribution is 2.44. The van der Waals surface area contributed by atoms with Crippen molar-refractivity contribution in [2.24, 2.45) is 29.6 Å². The molecule has 1 saturated heterocycles. The average Bonchev–Trinajstić information content (AvgIpc) is 3.32. The summed E-state index contributed by atoms with van der Waals surface area (Å²) >= 11 is 6.48. The third-order valence-electron chi connectivity index (χ3n) is 11.9. The second kappa shape index (κ2) is 20.4. The number of carbonyl (C=O) groups excluding carboxylic acids is 1. The van der Waals surface area contributed by atoms with Crippen molar-refractivity contribution < 1.29 is 23.6 Å². The molecule has 1 aliphatic carbocycles. The zero-order valence-electron chi connectivity index (χ0n) is 31.8. The quantitative estimate of drug-likeness (QED) is 0.115. The summed E-state index contributed by atoms with van der Waals surface area (Å²) in [5, 5.41) is 10.9. The number of aryl methyl sites for hydroxylation is 1. The van der Waals surface area contributed by atoms with Gasteiger partial charge in [0, 0.05) is 67.7 Å². The summed E-state index contributed by atoms with van der Waals surface area (Å²) in [5.74, 6) is 3.13. The van der Waals surface area contributed by atoms with Gasteiger partial charge in [-0.3, -0.25) is 4.79 Å². The Morgan fingerprint density at radius 2 is 1.94 bits per heavy atom. The largest absolute Gasteiger partial charge is 0.491 e. The zero-order chi connectivity index (χ0) is 37.0. The first-order valence-electron chi connectivity index (χ1n) is 19.6. The van der Waals surface area contributed by atoms with Crippen LogP contribution in [0, 0.1) is 29.6 Å². The minimum absolute atomic E-state index is 0.0527. The average molecular weight is 756 g/mol. The van der Waals surface area contributed by atoms with Crippen LogP contribution in [0.15, 0.2) is 48.6 Å². The van der Waals surface area contributed by atoms with Crippen LogP contribution in [0.2, 0.25) is 5.02 Å². The summed E-state index contributed by atoms with van der Waals surface area (Å²) in [4.78, 5) is 16.9. The molecule has 2 fully saturated rings. The topological polar surface area (TPSA) is 91.3 Å². The number of nitrogens with one attached hydrogen (secondary N) is 1. The molecule has 2 aromatic rings. The summed E-state index contributed by atoms with van der Waals surface area (Å²) in [7, 11) is 0.697. The highest BCUT2D eigenvalue weighted by atomic mass is 35.5. The first-order valence-corrected chi connectivity index (χ1v) is 21.2. The maximum absolute atomic E-state index is 12.5. The molecular weight excluding hydrogens is 694 g/mol. The lowest BCUT2D eigenvalue weighted by Crippen LogP contribution is -2.46. The Bertz CT molecular complexity index is 1490. The molecule has 0 aromatic heterocycles. The van der Waals surface area contributed by atoms with E-state index in [-0.39, 0.29) is 23.7 Å². The Balaban J connectivity index is 1.40. The second-order valence-electron chi connectivity index (χ2n) is 15.4. The molecule has 2 heterocycles. The van der Waals surface area contributed by atoms with Crippen LogP contribution in [-0.4, -0.2) is 92.0 Å². The van der Waals surface area contributed by atoms with E-state index in [2.05, 4.69) is 59.6 Å². The van der Waals surface area contributed by atoms with Crippen LogP contribution in [0.25, 0.3) is 0 Å². The summed E-state index contributed by atoms with van der Waals surface area (Å²) in [6.07, 6.45) is 13.0. The molecule has 8 nitrogen and oxygen atoms in total. The molecule has 7 unspecified atom stereocenters. The van der Waals surface area contributed by atoms with Crippen LogP contribution in [0.4, 0.5) is 5.69 Å². The molecule has 0 radical (unpaired) electrons. The number of fused-ring (bicyclic) bond motifs is 1. The van der Waals surface area contributed by atoms with Gasteiger partial charge in [-0.2, -0.15) is 0 Å². The molecule has 0 amide bonds. The number of anilines is 1. The zero-order valence-corrected chi connectivity index (χ0v) is 33.4. The van der Waals surface area contributed by atoms with Crippen molar-refractivity contribution in [3.8, 4) is 5.75 Å².